The van der Waals surface area contributed by atoms with Gasteiger partial charge in [-0.3, -0.25) is 0 Å². The smallest absolute Gasteiger partial charge is 0.0838 e. The molecule has 0 radical (unpaired) electrons. The molecule has 1 saturated heterocycles. The average Bonchev–Trinajstić information content (AvgIpc) is 2.48. The highest BCUT2D eigenvalue weighted by Crippen LogP contribution is 2.24. The second-order valence-corrected chi connectivity index (χ2v) is 5.39. The van der Waals surface area contributed by atoms with Crippen molar-refractivity contribution in [3.05, 3.63) is 0 Å². The van der Waals surface area contributed by atoms with Crippen LogP contribution in [-0.2, 0) is 4.74 Å². The standard InChI is InChI=1S/C13H25NO2/c1-10-7-8-14-9-13(10)16-12-6-4-2-3-5-11(12)15/h10-15H,2-9H2,1H3. The van der Waals surface area contributed by atoms with Crippen LogP contribution < -0.4 is 5.32 Å². The normalized spacial score (nSPS) is 41.6. The SMILES string of the molecule is CC1CCNCC1OC1CCCCCC1O. The maximum absolute atomic E-state index is 10.0. The van der Waals surface area contributed by atoms with E-state index in [4.69, 9.17) is 4.74 Å². The summed E-state index contributed by atoms with van der Waals surface area (Å²) in [6.45, 7) is 4.31. The van der Waals surface area contributed by atoms with Crippen LogP contribution in [0.5, 0.6) is 0 Å². The summed E-state index contributed by atoms with van der Waals surface area (Å²) >= 11 is 0. The number of piperidine rings is 1. The molecule has 1 aliphatic heterocycles. The molecule has 3 nitrogen and oxygen atoms in total. The van der Waals surface area contributed by atoms with Gasteiger partial charge in [-0.1, -0.05) is 26.2 Å². The van der Waals surface area contributed by atoms with E-state index >= 15 is 0 Å². The van der Waals surface area contributed by atoms with Gasteiger partial charge in [0.25, 0.3) is 0 Å². The molecule has 0 aromatic carbocycles. The van der Waals surface area contributed by atoms with Gasteiger partial charge in [-0.2, -0.15) is 0 Å². The zero-order chi connectivity index (χ0) is 11.4. The first-order valence-electron chi connectivity index (χ1n) is 6.81. The van der Waals surface area contributed by atoms with Crippen LogP contribution >= 0.6 is 0 Å². The van der Waals surface area contributed by atoms with Gasteiger partial charge in [-0.25, -0.2) is 0 Å². The van der Waals surface area contributed by atoms with Gasteiger partial charge in [0.1, 0.15) is 0 Å². The molecule has 2 rings (SSSR count). The summed E-state index contributed by atoms with van der Waals surface area (Å²) in [7, 11) is 0. The molecule has 3 heteroatoms. The predicted molar refractivity (Wildman–Crippen MR) is 64.4 cm³/mol. The number of hydrogen-bond donors (Lipinski definition) is 2. The molecule has 16 heavy (non-hydrogen) atoms. The van der Waals surface area contributed by atoms with E-state index in [9.17, 15) is 5.11 Å². The molecule has 0 bridgehead atoms. The summed E-state index contributed by atoms with van der Waals surface area (Å²) in [5, 5.41) is 13.4. The van der Waals surface area contributed by atoms with Gasteiger partial charge in [0.15, 0.2) is 0 Å². The molecular weight excluding hydrogens is 202 g/mol. The first kappa shape index (κ1) is 12.3. The Balaban J connectivity index is 1.86. The molecule has 0 spiro atoms. The number of rotatable bonds is 2. The second-order valence-electron chi connectivity index (χ2n) is 5.39. The van der Waals surface area contributed by atoms with Crippen LogP contribution in [0.25, 0.3) is 0 Å². The van der Waals surface area contributed by atoms with Crippen LogP contribution in [0.15, 0.2) is 0 Å². The van der Waals surface area contributed by atoms with Gasteiger partial charge in [-0.05, 0) is 31.7 Å². The third kappa shape index (κ3) is 3.19. The van der Waals surface area contributed by atoms with Crippen LogP contribution in [0.4, 0.5) is 0 Å². The van der Waals surface area contributed by atoms with E-state index in [1.807, 2.05) is 0 Å². The predicted octanol–water partition coefficient (Wildman–Crippen LogP) is 1.69. The van der Waals surface area contributed by atoms with E-state index in [1.54, 1.807) is 0 Å². The largest absolute Gasteiger partial charge is 0.390 e. The molecule has 1 saturated carbocycles. The molecule has 4 unspecified atom stereocenters. The van der Waals surface area contributed by atoms with Gasteiger partial charge in [0.05, 0.1) is 18.3 Å². The minimum atomic E-state index is -0.239. The molecule has 2 fully saturated rings. The number of nitrogens with one attached hydrogen (secondary N) is 1. The molecule has 0 aromatic heterocycles. The fraction of sp³-hybridized carbons (Fsp3) is 1.00. The van der Waals surface area contributed by atoms with Crippen LogP contribution in [0, 0.1) is 5.92 Å². The zero-order valence-electron chi connectivity index (χ0n) is 10.3. The lowest BCUT2D eigenvalue weighted by atomic mass is 9.96. The minimum absolute atomic E-state index is 0.0786. The Morgan fingerprint density at radius 3 is 2.69 bits per heavy atom. The fourth-order valence-electron chi connectivity index (χ4n) is 2.78. The summed E-state index contributed by atoms with van der Waals surface area (Å²) in [5.74, 6) is 0.622. The lowest BCUT2D eigenvalue weighted by Crippen LogP contribution is -2.45. The Morgan fingerprint density at radius 2 is 1.88 bits per heavy atom. The van der Waals surface area contributed by atoms with E-state index in [1.165, 1.54) is 19.3 Å². The summed E-state index contributed by atoms with van der Waals surface area (Å²) < 4.78 is 6.12. The monoisotopic (exact) mass is 227 g/mol. The molecule has 2 aliphatic rings. The number of aliphatic hydroxyl groups excluding tert-OH is 1. The van der Waals surface area contributed by atoms with Crippen molar-refractivity contribution in [3.8, 4) is 0 Å². The molecule has 0 aromatic rings. The highest BCUT2D eigenvalue weighted by atomic mass is 16.5. The van der Waals surface area contributed by atoms with E-state index in [0.29, 0.717) is 12.0 Å². The van der Waals surface area contributed by atoms with Crippen molar-refractivity contribution in [3.63, 3.8) is 0 Å². The van der Waals surface area contributed by atoms with Gasteiger partial charge in [0.2, 0.25) is 0 Å². The summed E-state index contributed by atoms with van der Waals surface area (Å²) in [6, 6.07) is 0. The first-order chi connectivity index (χ1) is 7.77. The Labute approximate surface area is 98.6 Å². The lowest BCUT2D eigenvalue weighted by Gasteiger charge is -2.34. The highest BCUT2D eigenvalue weighted by Gasteiger charge is 2.29. The van der Waals surface area contributed by atoms with Gasteiger partial charge in [-0.15, -0.1) is 0 Å². The van der Waals surface area contributed by atoms with Gasteiger partial charge in [0, 0.05) is 6.54 Å². The molecule has 4 atom stereocenters. The summed E-state index contributed by atoms with van der Waals surface area (Å²) in [4.78, 5) is 0. The Hall–Kier alpha value is -0.120. The average molecular weight is 227 g/mol. The number of hydrogen-bond acceptors (Lipinski definition) is 3. The Kier molecular flexibility index (Phi) is 4.62. The lowest BCUT2D eigenvalue weighted by molar-refractivity contribution is -0.100. The second kappa shape index (κ2) is 5.99. The Bertz CT molecular complexity index is 210. The van der Waals surface area contributed by atoms with Crippen molar-refractivity contribution in [2.75, 3.05) is 13.1 Å². The van der Waals surface area contributed by atoms with Crippen molar-refractivity contribution >= 4 is 0 Å². The molecule has 94 valence electrons. The van der Waals surface area contributed by atoms with Crippen molar-refractivity contribution in [2.45, 2.75) is 63.8 Å². The topological polar surface area (TPSA) is 41.5 Å². The molecule has 1 heterocycles. The van der Waals surface area contributed by atoms with Crippen LogP contribution in [0.2, 0.25) is 0 Å². The van der Waals surface area contributed by atoms with Gasteiger partial charge < -0.3 is 15.2 Å². The summed E-state index contributed by atoms with van der Waals surface area (Å²) in [5.41, 5.74) is 0. The van der Waals surface area contributed by atoms with E-state index in [0.717, 1.165) is 32.4 Å². The summed E-state index contributed by atoms with van der Waals surface area (Å²) in [6.07, 6.45) is 6.88. The van der Waals surface area contributed by atoms with E-state index in [2.05, 4.69) is 12.2 Å². The minimum Gasteiger partial charge on any atom is -0.390 e. The molecule has 0 amide bonds. The molecule has 1 aliphatic carbocycles. The highest BCUT2D eigenvalue weighted by molar-refractivity contribution is 4.80. The van der Waals surface area contributed by atoms with Crippen molar-refractivity contribution in [1.29, 1.82) is 0 Å². The zero-order valence-corrected chi connectivity index (χ0v) is 10.3. The third-order valence-electron chi connectivity index (χ3n) is 4.02. The fourth-order valence-corrected chi connectivity index (χ4v) is 2.78. The Morgan fingerprint density at radius 1 is 1.06 bits per heavy atom. The van der Waals surface area contributed by atoms with Crippen molar-refractivity contribution in [2.24, 2.45) is 5.92 Å². The quantitative estimate of drug-likeness (QED) is 0.705. The third-order valence-corrected chi connectivity index (χ3v) is 4.02. The molecular formula is C13H25NO2. The molecule has 2 N–H and O–H groups in total. The van der Waals surface area contributed by atoms with E-state index < -0.39 is 0 Å². The van der Waals surface area contributed by atoms with Gasteiger partial charge >= 0.3 is 0 Å². The number of ether oxygens (including phenoxy) is 1. The number of aliphatic hydroxyl groups is 1. The van der Waals surface area contributed by atoms with Crippen molar-refractivity contribution in [1.82, 2.24) is 5.32 Å². The van der Waals surface area contributed by atoms with Crippen LogP contribution in [0.3, 0.4) is 0 Å². The van der Waals surface area contributed by atoms with E-state index in [-0.39, 0.29) is 12.2 Å². The maximum Gasteiger partial charge on any atom is 0.0838 e. The van der Waals surface area contributed by atoms with Crippen LogP contribution in [0.1, 0.15) is 45.4 Å². The van der Waals surface area contributed by atoms with Crippen molar-refractivity contribution < 1.29 is 9.84 Å². The van der Waals surface area contributed by atoms with Crippen LogP contribution in [-0.4, -0.2) is 36.5 Å². The maximum atomic E-state index is 10.0. The first-order valence-corrected chi connectivity index (χ1v) is 6.81.